The Labute approximate surface area is 121 Å². The first-order chi connectivity index (χ1) is 10.0. The Kier molecular flexibility index (Phi) is 4.08. The van der Waals surface area contributed by atoms with Crippen LogP contribution in [0.4, 0.5) is 17.1 Å². The fourth-order valence-electron chi connectivity index (χ4n) is 1.88. The molecule has 0 radical (unpaired) electrons. The van der Waals surface area contributed by atoms with Gasteiger partial charge in [-0.2, -0.15) is 0 Å². The van der Waals surface area contributed by atoms with Crippen LogP contribution in [0.15, 0.2) is 42.5 Å². The third-order valence-corrected chi connectivity index (χ3v) is 2.82. The van der Waals surface area contributed by atoms with Crippen molar-refractivity contribution >= 4 is 28.9 Å². The van der Waals surface area contributed by atoms with Gasteiger partial charge in [-0.05, 0) is 30.3 Å². The van der Waals surface area contributed by atoms with E-state index < -0.39 is 11.9 Å². The molecule has 0 saturated carbocycles. The second kappa shape index (κ2) is 5.96. The first-order valence-corrected chi connectivity index (χ1v) is 6.16. The lowest BCUT2D eigenvalue weighted by molar-refractivity contribution is 0.0602. The standard InChI is InChI=1S/C15H15N3O3/c1-21-15(20)12-4-2-3-5-13(12)18-14(19)9-6-10(16)8-11(17)7-9/h2-8H,16-17H2,1H3,(H,18,19). The Morgan fingerprint density at radius 1 is 1.05 bits per heavy atom. The molecule has 0 saturated heterocycles. The highest BCUT2D eigenvalue weighted by Crippen LogP contribution is 2.19. The van der Waals surface area contributed by atoms with Crippen molar-refractivity contribution < 1.29 is 14.3 Å². The van der Waals surface area contributed by atoms with Gasteiger partial charge in [0.1, 0.15) is 0 Å². The smallest absolute Gasteiger partial charge is 0.339 e. The molecule has 5 N–H and O–H groups in total. The van der Waals surface area contributed by atoms with Gasteiger partial charge in [0.25, 0.3) is 5.91 Å². The van der Waals surface area contributed by atoms with E-state index in [1.165, 1.54) is 19.2 Å². The van der Waals surface area contributed by atoms with Gasteiger partial charge in [-0.25, -0.2) is 4.79 Å². The van der Waals surface area contributed by atoms with Gasteiger partial charge in [0, 0.05) is 16.9 Å². The van der Waals surface area contributed by atoms with Crippen molar-refractivity contribution in [2.75, 3.05) is 23.9 Å². The van der Waals surface area contributed by atoms with Gasteiger partial charge in [-0.3, -0.25) is 4.79 Å². The number of nitrogen functional groups attached to an aromatic ring is 2. The quantitative estimate of drug-likeness (QED) is 0.589. The third kappa shape index (κ3) is 3.30. The summed E-state index contributed by atoms with van der Waals surface area (Å²) >= 11 is 0. The second-order valence-corrected chi connectivity index (χ2v) is 4.38. The van der Waals surface area contributed by atoms with Crippen LogP contribution in [0, 0.1) is 0 Å². The van der Waals surface area contributed by atoms with E-state index in [1.807, 2.05) is 0 Å². The molecule has 0 fully saturated rings. The molecule has 2 aromatic carbocycles. The van der Waals surface area contributed by atoms with E-state index >= 15 is 0 Å². The van der Waals surface area contributed by atoms with Crippen LogP contribution in [0.25, 0.3) is 0 Å². The maximum Gasteiger partial charge on any atom is 0.339 e. The number of para-hydroxylation sites is 1. The second-order valence-electron chi connectivity index (χ2n) is 4.38. The summed E-state index contributed by atoms with van der Waals surface area (Å²) in [5.41, 5.74) is 13.0. The number of nitrogens with two attached hydrogens (primary N) is 2. The molecule has 21 heavy (non-hydrogen) atoms. The molecule has 6 nitrogen and oxygen atoms in total. The van der Waals surface area contributed by atoms with E-state index in [9.17, 15) is 9.59 Å². The number of hydrogen-bond donors (Lipinski definition) is 3. The van der Waals surface area contributed by atoms with Gasteiger partial charge in [-0.15, -0.1) is 0 Å². The Balaban J connectivity index is 2.30. The van der Waals surface area contributed by atoms with Crippen LogP contribution in [-0.2, 0) is 4.74 Å². The van der Waals surface area contributed by atoms with Crippen molar-refractivity contribution in [1.29, 1.82) is 0 Å². The van der Waals surface area contributed by atoms with E-state index in [1.54, 1.807) is 30.3 Å². The number of rotatable bonds is 3. The van der Waals surface area contributed by atoms with Crippen LogP contribution in [-0.4, -0.2) is 19.0 Å². The van der Waals surface area contributed by atoms with E-state index in [0.717, 1.165) is 0 Å². The summed E-state index contributed by atoms with van der Waals surface area (Å²) < 4.78 is 4.67. The number of hydrogen-bond acceptors (Lipinski definition) is 5. The van der Waals surface area contributed by atoms with Crippen LogP contribution >= 0.6 is 0 Å². The first kappa shape index (κ1) is 14.4. The number of carbonyl (C=O) groups excluding carboxylic acids is 2. The van der Waals surface area contributed by atoms with E-state index in [-0.39, 0.29) is 5.56 Å². The minimum Gasteiger partial charge on any atom is -0.465 e. The molecule has 1 amide bonds. The molecule has 0 aliphatic heterocycles. The lowest BCUT2D eigenvalue weighted by Gasteiger charge is -2.10. The molecule has 0 spiro atoms. The van der Waals surface area contributed by atoms with Gasteiger partial charge in [0.15, 0.2) is 0 Å². The largest absolute Gasteiger partial charge is 0.465 e. The number of methoxy groups -OCH3 is 1. The molecule has 0 bridgehead atoms. The van der Waals surface area contributed by atoms with Gasteiger partial charge >= 0.3 is 5.97 Å². The molecule has 0 aliphatic carbocycles. The zero-order valence-corrected chi connectivity index (χ0v) is 11.4. The first-order valence-electron chi connectivity index (χ1n) is 6.16. The van der Waals surface area contributed by atoms with Crippen LogP contribution in [0.3, 0.4) is 0 Å². The van der Waals surface area contributed by atoms with E-state index in [2.05, 4.69) is 10.1 Å². The SMILES string of the molecule is COC(=O)c1ccccc1NC(=O)c1cc(N)cc(N)c1. The highest BCUT2D eigenvalue weighted by atomic mass is 16.5. The van der Waals surface area contributed by atoms with Crippen molar-refractivity contribution in [1.82, 2.24) is 0 Å². The monoisotopic (exact) mass is 285 g/mol. The number of esters is 1. The predicted molar refractivity (Wildman–Crippen MR) is 81.0 cm³/mol. The Morgan fingerprint density at radius 2 is 1.67 bits per heavy atom. The Hall–Kier alpha value is -3.02. The number of amides is 1. The summed E-state index contributed by atoms with van der Waals surface area (Å²) in [6.07, 6.45) is 0. The summed E-state index contributed by atoms with van der Waals surface area (Å²) in [5.74, 6) is -0.941. The molecule has 108 valence electrons. The summed E-state index contributed by atoms with van der Waals surface area (Å²) in [4.78, 5) is 23.9. The molecule has 0 aliphatic rings. The summed E-state index contributed by atoms with van der Waals surface area (Å²) in [6, 6.07) is 11.1. The average molecular weight is 285 g/mol. The molecular formula is C15H15N3O3. The average Bonchev–Trinajstić information content (AvgIpc) is 2.46. The highest BCUT2D eigenvalue weighted by molar-refractivity contribution is 6.08. The third-order valence-electron chi connectivity index (χ3n) is 2.82. The van der Waals surface area contributed by atoms with Crippen molar-refractivity contribution in [3.05, 3.63) is 53.6 Å². The molecule has 0 atom stereocenters. The normalized spacial score (nSPS) is 9.95. The molecule has 0 aromatic heterocycles. The van der Waals surface area contributed by atoms with Crippen LogP contribution in [0.2, 0.25) is 0 Å². The van der Waals surface area contributed by atoms with Crippen LogP contribution in [0.5, 0.6) is 0 Å². The van der Waals surface area contributed by atoms with Gasteiger partial charge in [0.05, 0.1) is 18.4 Å². The van der Waals surface area contributed by atoms with Gasteiger partial charge in [-0.1, -0.05) is 12.1 Å². The summed E-state index contributed by atoms with van der Waals surface area (Å²) in [5, 5.41) is 2.65. The van der Waals surface area contributed by atoms with Gasteiger partial charge in [0.2, 0.25) is 0 Å². The summed E-state index contributed by atoms with van der Waals surface area (Å²) in [7, 11) is 1.28. The highest BCUT2D eigenvalue weighted by Gasteiger charge is 2.14. The number of ether oxygens (including phenoxy) is 1. The molecule has 2 aromatic rings. The number of benzene rings is 2. The summed E-state index contributed by atoms with van der Waals surface area (Å²) in [6.45, 7) is 0. The van der Waals surface area contributed by atoms with Crippen LogP contribution < -0.4 is 16.8 Å². The molecule has 6 heteroatoms. The van der Waals surface area contributed by atoms with Gasteiger partial charge < -0.3 is 21.5 Å². The zero-order chi connectivity index (χ0) is 15.4. The van der Waals surface area contributed by atoms with Crippen molar-refractivity contribution in [2.45, 2.75) is 0 Å². The topological polar surface area (TPSA) is 107 Å². The predicted octanol–water partition coefficient (Wildman–Crippen LogP) is 1.89. The molecule has 0 heterocycles. The minimum atomic E-state index is -0.530. The number of nitrogens with one attached hydrogen (secondary N) is 1. The minimum absolute atomic E-state index is 0.269. The van der Waals surface area contributed by atoms with Crippen LogP contribution in [0.1, 0.15) is 20.7 Å². The lowest BCUT2D eigenvalue weighted by Crippen LogP contribution is -2.15. The molecular weight excluding hydrogens is 270 g/mol. The van der Waals surface area contributed by atoms with Crippen molar-refractivity contribution in [3.8, 4) is 0 Å². The Bertz CT molecular complexity index is 678. The maximum absolute atomic E-state index is 12.2. The maximum atomic E-state index is 12.2. The fraction of sp³-hybridized carbons (Fsp3) is 0.0667. The van der Waals surface area contributed by atoms with Crippen molar-refractivity contribution in [3.63, 3.8) is 0 Å². The van der Waals surface area contributed by atoms with E-state index in [4.69, 9.17) is 11.5 Å². The fourth-order valence-corrected chi connectivity index (χ4v) is 1.88. The zero-order valence-electron chi connectivity index (χ0n) is 11.4. The van der Waals surface area contributed by atoms with E-state index in [0.29, 0.717) is 22.6 Å². The number of anilines is 3. The number of carbonyl (C=O) groups is 2. The molecule has 2 rings (SSSR count). The Morgan fingerprint density at radius 3 is 2.29 bits per heavy atom. The lowest BCUT2D eigenvalue weighted by atomic mass is 10.1. The molecule has 0 unspecified atom stereocenters. The van der Waals surface area contributed by atoms with Crippen molar-refractivity contribution in [2.24, 2.45) is 0 Å².